The van der Waals surface area contributed by atoms with Crippen LogP contribution in [0.25, 0.3) is 0 Å². The number of hydrogen-bond donors (Lipinski definition) is 3. The molecule has 1 aliphatic rings. The van der Waals surface area contributed by atoms with Gasteiger partial charge in [-0.2, -0.15) is 0 Å². The molecule has 0 aromatic heterocycles. The minimum atomic E-state index is -0.0757. The van der Waals surface area contributed by atoms with Crippen LogP contribution in [-0.4, -0.2) is 23.8 Å². The number of halogens is 1. The Labute approximate surface area is 96.4 Å². The minimum Gasteiger partial charge on any atom is -0.399 e. The quantitative estimate of drug-likeness (QED) is 0.530. The van der Waals surface area contributed by atoms with Crippen molar-refractivity contribution in [3.05, 3.63) is 23.8 Å². The van der Waals surface area contributed by atoms with Crippen molar-refractivity contribution in [2.24, 2.45) is 0 Å². The zero-order valence-electron chi connectivity index (χ0n) is 8.09. The van der Waals surface area contributed by atoms with Gasteiger partial charge < -0.3 is 16.4 Å². The molecule has 0 radical (unpaired) electrons. The topological polar surface area (TPSA) is 67.2 Å². The Morgan fingerprint density at radius 2 is 2.33 bits per heavy atom. The molecule has 1 aromatic carbocycles. The van der Waals surface area contributed by atoms with Crippen molar-refractivity contribution in [3.63, 3.8) is 0 Å². The van der Waals surface area contributed by atoms with Gasteiger partial charge in [0.1, 0.15) is 0 Å². The van der Waals surface area contributed by atoms with Gasteiger partial charge in [0.15, 0.2) is 0 Å². The SMILES string of the molecule is Nc1ccc2c(c1)C(=O)NCC(CBr)N2. The zero-order chi connectivity index (χ0) is 10.8. The predicted molar refractivity (Wildman–Crippen MR) is 64.4 cm³/mol. The average molecular weight is 270 g/mol. The molecule has 1 aromatic rings. The van der Waals surface area contributed by atoms with E-state index in [1.165, 1.54) is 0 Å². The minimum absolute atomic E-state index is 0.0757. The Morgan fingerprint density at radius 1 is 1.53 bits per heavy atom. The highest BCUT2D eigenvalue weighted by atomic mass is 79.9. The molecule has 1 atom stereocenters. The van der Waals surface area contributed by atoms with Gasteiger partial charge in [0, 0.05) is 23.2 Å². The fraction of sp³-hybridized carbons (Fsp3) is 0.300. The summed E-state index contributed by atoms with van der Waals surface area (Å²) in [5.74, 6) is -0.0757. The van der Waals surface area contributed by atoms with Gasteiger partial charge in [0.05, 0.1) is 11.6 Å². The summed E-state index contributed by atoms with van der Waals surface area (Å²) in [5, 5.41) is 6.91. The second-order valence-electron chi connectivity index (χ2n) is 3.51. The van der Waals surface area contributed by atoms with Crippen LogP contribution in [0, 0.1) is 0 Å². The monoisotopic (exact) mass is 269 g/mol. The van der Waals surface area contributed by atoms with Crippen LogP contribution in [0.4, 0.5) is 11.4 Å². The van der Waals surface area contributed by atoms with Crippen molar-refractivity contribution in [1.29, 1.82) is 0 Å². The third-order valence-electron chi connectivity index (χ3n) is 2.34. The van der Waals surface area contributed by atoms with Crippen molar-refractivity contribution < 1.29 is 4.79 Å². The molecular weight excluding hydrogens is 258 g/mol. The lowest BCUT2D eigenvalue weighted by Gasteiger charge is -2.14. The van der Waals surface area contributed by atoms with Crippen LogP contribution < -0.4 is 16.4 Å². The highest BCUT2D eigenvalue weighted by Gasteiger charge is 2.19. The van der Waals surface area contributed by atoms with E-state index in [0.29, 0.717) is 17.8 Å². The molecule has 4 N–H and O–H groups in total. The van der Waals surface area contributed by atoms with Crippen LogP contribution >= 0.6 is 15.9 Å². The number of alkyl halides is 1. The van der Waals surface area contributed by atoms with Gasteiger partial charge in [-0.15, -0.1) is 0 Å². The molecule has 1 aliphatic heterocycles. The Balaban J connectivity index is 2.40. The van der Waals surface area contributed by atoms with Gasteiger partial charge in [0.2, 0.25) is 0 Å². The van der Waals surface area contributed by atoms with Crippen LogP contribution in [0.15, 0.2) is 18.2 Å². The third-order valence-corrected chi connectivity index (χ3v) is 3.12. The second-order valence-corrected chi connectivity index (χ2v) is 4.16. The van der Waals surface area contributed by atoms with Gasteiger partial charge in [0.25, 0.3) is 5.91 Å². The maximum atomic E-state index is 11.7. The first-order valence-corrected chi connectivity index (χ1v) is 5.83. The predicted octanol–water partition coefficient (Wildman–Crippen LogP) is 1.19. The summed E-state index contributed by atoms with van der Waals surface area (Å²) in [6.45, 7) is 0.610. The summed E-state index contributed by atoms with van der Waals surface area (Å²) < 4.78 is 0. The summed E-state index contributed by atoms with van der Waals surface area (Å²) in [6, 6.07) is 5.52. The normalized spacial score (nSPS) is 19.8. The number of anilines is 2. The van der Waals surface area contributed by atoms with Crippen molar-refractivity contribution in [1.82, 2.24) is 5.32 Å². The van der Waals surface area contributed by atoms with E-state index < -0.39 is 0 Å². The maximum Gasteiger partial charge on any atom is 0.253 e. The molecule has 2 rings (SSSR count). The number of nitrogens with one attached hydrogen (secondary N) is 2. The van der Waals surface area contributed by atoms with E-state index in [1.807, 2.05) is 6.07 Å². The number of rotatable bonds is 1. The highest BCUT2D eigenvalue weighted by Crippen LogP contribution is 2.21. The Morgan fingerprint density at radius 3 is 3.07 bits per heavy atom. The molecule has 0 spiro atoms. The fourth-order valence-electron chi connectivity index (χ4n) is 1.55. The maximum absolute atomic E-state index is 11.7. The van der Waals surface area contributed by atoms with Crippen LogP contribution in [0.3, 0.4) is 0 Å². The molecule has 0 aliphatic carbocycles. The largest absolute Gasteiger partial charge is 0.399 e. The molecular formula is C10H12BrN3O. The van der Waals surface area contributed by atoms with E-state index in [0.717, 1.165) is 11.0 Å². The summed E-state index contributed by atoms with van der Waals surface area (Å²) in [6.07, 6.45) is 0. The first-order valence-electron chi connectivity index (χ1n) is 4.71. The summed E-state index contributed by atoms with van der Waals surface area (Å²) in [5.41, 5.74) is 7.69. The van der Waals surface area contributed by atoms with Crippen molar-refractivity contribution in [3.8, 4) is 0 Å². The summed E-state index contributed by atoms with van der Waals surface area (Å²) >= 11 is 3.39. The standard InChI is InChI=1S/C10H12BrN3O/c11-4-7-5-13-10(15)8-3-6(12)1-2-9(8)14-7/h1-3,7,14H,4-5,12H2,(H,13,15). The van der Waals surface area contributed by atoms with E-state index in [-0.39, 0.29) is 11.9 Å². The molecule has 80 valence electrons. The fourth-order valence-corrected chi connectivity index (χ4v) is 1.94. The first-order chi connectivity index (χ1) is 7.20. The highest BCUT2D eigenvalue weighted by molar-refractivity contribution is 9.09. The van der Waals surface area contributed by atoms with E-state index in [4.69, 9.17) is 5.73 Å². The molecule has 1 amide bonds. The summed E-state index contributed by atoms with van der Waals surface area (Å²) in [4.78, 5) is 11.7. The molecule has 15 heavy (non-hydrogen) atoms. The molecule has 0 fully saturated rings. The number of carbonyl (C=O) groups is 1. The third kappa shape index (κ3) is 2.07. The van der Waals surface area contributed by atoms with E-state index in [1.54, 1.807) is 12.1 Å². The Kier molecular flexibility index (Phi) is 2.81. The molecule has 0 saturated heterocycles. The van der Waals surface area contributed by atoms with Crippen molar-refractivity contribution >= 4 is 33.2 Å². The lowest BCUT2D eigenvalue weighted by molar-refractivity contribution is 0.0956. The van der Waals surface area contributed by atoms with Gasteiger partial charge >= 0.3 is 0 Å². The number of carbonyl (C=O) groups excluding carboxylic acids is 1. The molecule has 1 unspecified atom stereocenters. The molecule has 0 saturated carbocycles. The summed E-state index contributed by atoms with van der Waals surface area (Å²) in [7, 11) is 0. The van der Waals surface area contributed by atoms with Crippen molar-refractivity contribution in [2.75, 3.05) is 22.9 Å². The molecule has 0 bridgehead atoms. The van der Waals surface area contributed by atoms with Crippen LogP contribution in [0.2, 0.25) is 0 Å². The molecule has 5 heteroatoms. The lowest BCUT2D eigenvalue weighted by Crippen LogP contribution is -2.33. The number of amides is 1. The number of benzene rings is 1. The number of fused-ring (bicyclic) bond motifs is 1. The van der Waals surface area contributed by atoms with Crippen LogP contribution in [-0.2, 0) is 0 Å². The van der Waals surface area contributed by atoms with Gasteiger partial charge in [-0.3, -0.25) is 4.79 Å². The molecule has 1 heterocycles. The Hall–Kier alpha value is -1.23. The van der Waals surface area contributed by atoms with E-state index in [2.05, 4.69) is 26.6 Å². The number of hydrogen-bond acceptors (Lipinski definition) is 3. The average Bonchev–Trinajstić information content (AvgIpc) is 2.39. The number of nitrogen functional groups attached to an aromatic ring is 1. The van der Waals surface area contributed by atoms with Crippen LogP contribution in [0.1, 0.15) is 10.4 Å². The Bertz CT molecular complexity index is 394. The lowest BCUT2D eigenvalue weighted by atomic mass is 10.1. The zero-order valence-corrected chi connectivity index (χ0v) is 9.67. The van der Waals surface area contributed by atoms with Gasteiger partial charge in [-0.25, -0.2) is 0 Å². The van der Waals surface area contributed by atoms with Gasteiger partial charge in [-0.1, -0.05) is 15.9 Å². The van der Waals surface area contributed by atoms with Crippen LogP contribution in [0.5, 0.6) is 0 Å². The van der Waals surface area contributed by atoms with Crippen molar-refractivity contribution in [2.45, 2.75) is 6.04 Å². The van der Waals surface area contributed by atoms with E-state index >= 15 is 0 Å². The smallest absolute Gasteiger partial charge is 0.253 e. The van der Waals surface area contributed by atoms with Gasteiger partial charge in [-0.05, 0) is 18.2 Å². The molecule has 4 nitrogen and oxygen atoms in total. The first kappa shape index (κ1) is 10.3. The number of nitrogens with two attached hydrogens (primary N) is 1. The second kappa shape index (κ2) is 4.10. The van der Waals surface area contributed by atoms with E-state index in [9.17, 15) is 4.79 Å².